The zero-order chi connectivity index (χ0) is 25.0. The molecule has 8 heteroatoms. The summed E-state index contributed by atoms with van der Waals surface area (Å²) in [5, 5.41) is 5.42. The molecule has 3 aliphatic rings. The van der Waals surface area contributed by atoms with Gasteiger partial charge in [0.2, 0.25) is 5.91 Å². The van der Waals surface area contributed by atoms with E-state index in [4.69, 9.17) is 21.1 Å². The molecule has 1 atom stereocenters. The molecule has 7 nitrogen and oxygen atoms in total. The largest absolute Gasteiger partial charge is 0.493 e. The minimum Gasteiger partial charge on any atom is -0.493 e. The molecule has 1 saturated carbocycles. The van der Waals surface area contributed by atoms with Crippen molar-refractivity contribution in [1.82, 2.24) is 19.6 Å². The van der Waals surface area contributed by atoms with Gasteiger partial charge in [-0.05, 0) is 62.9 Å². The summed E-state index contributed by atoms with van der Waals surface area (Å²) >= 11 is 6.22. The molecule has 0 bridgehead atoms. The smallest absolute Gasteiger partial charge is 0.223 e. The van der Waals surface area contributed by atoms with Crippen LogP contribution in [-0.4, -0.2) is 71.5 Å². The Bertz CT molecular complexity index is 1030. The Balaban J connectivity index is 1.29. The predicted octanol–water partition coefficient (Wildman–Crippen LogP) is 4.87. The van der Waals surface area contributed by atoms with Gasteiger partial charge in [0.05, 0.1) is 32.1 Å². The van der Waals surface area contributed by atoms with Crippen molar-refractivity contribution in [3.05, 3.63) is 46.7 Å². The van der Waals surface area contributed by atoms with Crippen LogP contribution in [0.1, 0.15) is 62.1 Å². The van der Waals surface area contributed by atoms with E-state index in [1.807, 2.05) is 36.2 Å². The summed E-state index contributed by atoms with van der Waals surface area (Å²) < 4.78 is 14.0. The highest BCUT2D eigenvalue weighted by atomic mass is 35.5. The van der Waals surface area contributed by atoms with Crippen molar-refractivity contribution in [2.75, 3.05) is 46.0 Å². The molecule has 196 valence electrons. The van der Waals surface area contributed by atoms with Crippen molar-refractivity contribution in [1.29, 1.82) is 0 Å². The Kier molecular flexibility index (Phi) is 8.18. The van der Waals surface area contributed by atoms with Gasteiger partial charge < -0.3 is 14.4 Å². The summed E-state index contributed by atoms with van der Waals surface area (Å²) in [6.45, 7) is 7.83. The first kappa shape index (κ1) is 25.6. The van der Waals surface area contributed by atoms with Crippen molar-refractivity contribution in [3.63, 3.8) is 0 Å². The molecular weight excluding hydrogens is 476 g/mol. The molecule has 5 rings (SSSR count). The highest BCUT2D eigenvalue weighted by molar-refractivity contribution is 6.31. The van der Waals surface area contributed by atoms with E-state index in [9.17, 15) is 4.79 Å². The van der Waals surface area contributed by atoms with E-state index in [1.165, 1.54) is 31.2 Å². The second kappa shape index (κ2) is 11.5. The van der Waals surface area contributed by atoms with Crippen molar-refractivity contribution in [2.24, 2.45) is 5.41 Å². The number of hydrogen-bond acceptors (Lipinski definition) is 5. The van der Waals surface area contributed by atoms with Gasteiger partial charge in [0, 0.05) is 54.8 Å². The van der Waals surface area contributed by atoms with Gasteiger partial charge in [-0.25, -0.2) is 0 Å². The zero-order valence-corrected chi connectivity index (χ0v) is 22.2. The van der Waals surface area contributed by atoms with E-state index in [1.54, 1.807) is 0 Å². The Hall–Kier alpha value is -2.09. The fourth-order valence-electron chi connectivity index (χ4n) is 6.03. The van der Waals surface area contributed by atoms with E-state index in [0.717, 1.165) is 48.8 Å². The molecule has 0 radical (unpaired) electrons. The zero-order valence-electron chi connectivity index (χ0n) is 21.5. The maximum Gasteiger partial charge on any atom is 0.223 e. The standard InChI is InChI=1S/C28H39ClN4O3/c1-22-15-25(7-8-26(22)29)36-21-28(16-27(34)32-11-13-35-14-12-32)9-4-10-31(20-28)18-23-17-30-33(19-23)24-5-2-3-6-24/h7-8,15,17,19,24H,2-6,9-14,16,18,20-21H2,1H3/t28-/m1/s1. The number of benzene rings is 1. The second-order valence-electron chi connectivity index (χ2n) is 11.0. The number of morpholine rings is 1. The Morgan fingerprint density at radius 1 is 1.19 bits per heavy atom. The van der Waals surface area contributed by atoms with Crippen LogP contribution < -0.4 is 4.74 Å². The summed E-state index contributed by atoms with van der Waals surface area (Å²) in [6.07, 6.45) is 11.9. The number of nitrogens with zero attached hydrogens (tertiary/aromatic N) is 4. The van der Waals surface area contributed by atoms with Gasteiger partial charge in [-0.3, -0.25) is 14.4 Å². The summed E-state index contributed by atoms with van der Waals surface area (Å²) in [5.41, 5.74) is 2.02. The number of amides is 1. The molecule has 1 aliphatic carbocycles. The minimum atomic E-state index is -0.234. The first-order valence-electron chi connectivity index (χ1n) is 13.5. The minimum absolute atomic E-state index is 0.213. The normalized spacial score (nSPS) is 23.8. The highest BCUT2D eigenvalue weighted by Crippen LogP contribution is 2.36. The first-order chi connectivity index (χ1) is 17.5. The lowest BCUT2D eigenvalue weighted by molar-refractivity contribution is -0.139. The predicted molar refractivity (Wildman–Crippen MR) is 140 cm³/mol. The maximum absolute atomic E-state index is 13.4. The quantitative estimate of drug-likeness (QED) is 0.503. The van der Waals surface area contributed by atoms with E-state index in [0.29, 0.717) is 45.4 Å². The van der Waals surface area contributed by atoms with Crippen molar-refractivity contribution < 1.29 is 14.3 Å². The number of rotatable bonds is 8. The van der Waals surface area contributed by atoms with Crippen molar-refractivity contribution >= 4 is 17.5 Å². The number of aromatic nitrogens is 2. The Labute approximate surface area is 219 Å². The van der Waals surface area contributed by atoms with E-state index in [-0.39, 0.29) is 11.3 Å². The lowest BCUT2D eigenvalue weighted by Gasteiger charge is -2.43. The van der Waals surface area contributed by atoms with Crippen LogP contribution in [0.5, 0.6) is 5.75 Å². The van der Waals surface area contributed by atoms with Crippen LogP contribution in [0, 0.1) is 12.3 Å². The average Bonchev–Trinajstić information content (AvgIpc) is 3.58. The fraction of sp³-hybridized carbons (Fsp3) is 0.643. The lowest BCUT2D eigenvalue weighted by atomic mass is 9.77. The highest BCUT2D eigenvalue weighted by Gasteiger charge is 2.40. The molecule has 1 aromatic heterocycles. The molecule has 3 heterocycles. The summed E-state index contributed by atoms with van der Waals surface area (Å²) in [4.78, 5) is 17.8. The number of carbonyl (C=O) groups is 1. The van der Waals surface area contributed by atoms with Gasteiger partial charge in [-0.15, -0.1) is 0 Å². The van der Waals surface area contributed by atoms with E-state index < -0.39 is 0 Å². The van der Waals surface area contributed by atoms with Gasteiger partial charge in [0.1, 0.15) is 5.75 Å². The third kappa shape index (κ3) is 6.24. The molecule has 1 amide bonds. The number of hydrogen-bond donors (Lipinski definition) is 0. The number of halogens is 1. The van der Waals surface area contributed by atoms with E-state index in [2.05, 4.69) is 20.9 Å². The van der Waals surface area contributed by atoms with Crippen molar-refractivity contribution in [3.8, 4) is 5.75 Å². The summed E-state index contributed by atoms with van der Waals surface area (Å²) in [6, 6.07) is 6.34. The first-order valence-corrected chi connectivity index (χ1v) is 13.9. The molecule has 2 aromatic rings. The lowest BCUT2D eigenvalue weighted by Crippen LogP contribution is -2.50. The molecule has 36 heavy (non-hydrogen) atoms. The van der Waals surface area contributed by atoms with Gasteiger partial charge in [-0.2, -0.15) is 5.10 Å². The summed E-state index contributed by atoms with van der Waals surface area (Å²) in [5.74, 6) is 1.02. The maximum atomic E-state index is 13.4. The molecule has 0 N–H and O–H groups in total. The number of piperidine rings is 1. The molecule has 3 fully saturated rings. The van der Waals surface area contributed by atoms with Crippen LogP contribution in [0.2, 0.25) is 5.02 Å². The van der Waals surface area contributed by atoms with Gasteiger partial charge in [0.25, 0.3) is 0 Å². The number of ether oxygens (including phenoxy) is 2. The molecule has 0 unspecified atom stereocenters. The van der Waals surface area contributed by atoms with Crippen LogP contribution >= 0.6 is 11.6 Å². The monoisotopic (exact) mass is 514 g/mol. The number of aryl methyl sites for hydroxylation is 1. The van der Waals surface area contributed by atoms with Crippen LogP contribution in [0.3, 0.4) is 0 Å². The van der Waals surface area contributed by atoms with E-state index >= 15 is 0 Å². The van der Waals surface area contributed by atoms with Crippen LogP contribution in [0.25, 0.3) is 0 Å². The second-order valence-corrected chi connectivity index (χ2v) is 11.4. The van der Waals surface area contributed by atoms with Gasteiger partial charge in [0.15, 0.2) is 0 Å². The van der Waals surface area contributed by atoms with Crippen LogP contribution in [0.4, 0.5) is 0 Å². The Morgan fingerprint density at radius 3 is 2.78 bits per heavy atom. The number of carbonyl (C=O) groups excluding carboxylic acids is 1. The van der Waals surface area contributed by atoms with Gasteiger partial charge in [-0.1, -0.05) is 24.4 Å². The average molecular weight is 515 g/mol. The molecule has 2 aliphatic heterocycles. The molecule has 0 spiro atoms. The van der Waals surface area contributed by atoms with Gasteiger partial charge >= 0.3 is 0 Å². The Morgan fingerprint density at radius 2 is 2.00 bits per heavy atom. The summed E-state index contributed by atoms with van der Waals surface area (Å²) in [7, 11) is 0. The van der Waals surface area contributed by atoms with Crippen LogP contribution in [-0.2, 0) is 16.1 Å². The SMILES string of the molecule is Cc1cc(OC[C@@]2(CC(=O)N3CCOCC3)CCCN(Cc3cnn(C4CCCC4)c3)C2)ccc1Cl. The molecule has 2 saturated heterocycles. The molecule has 1 aromatic carbocycles. The third-order valence-electron chi connectivity index (χ3n) is 8.06. The van der Waals surface area contributed by atoms with Crippen LogP contribution in [0.15, 0.2) is 30.6 Å². The van der Waals surface area contributed by atoms with Crippen molar-refractivity contribution in [2.45, 2.75) is 64.5 Å². The molecular formula is C28H39ClN4O3. The fourth-order valence-corrected chi connectivity index (χ4v) is 6.15. The topological polar surface area (TPSA) is 59.8 Å². The third-order valence-corrected chi connectivity index (χ3v) is 8.49. The number of likely N-dealkylation sites (tertiary alicyclic amines) is 1.